The number of carbonyl (C=O) groups is 3. The molecule has 3 rings (SSSR count). The fourth-order valence-corrected chi connectivity index (χ4v) is 3.11. The maximum atomic E-state index is 12.4. The number of urea groups is 1. The van der Waals surface area contributed by atoms with E-state index in [1.807, 2.05) is 0 Å². The van der Waals surface area contributed by atoms with E-state index in [1.54, 1.807) is 48.7 Å². The van der Waals surface area contributed by atoms with Crippen molar-refractivity contribution in [1.82, 2.24) is 4.98 Å². The maximum Gasteiger partial charge on any atom is 0.323 e. The van der Waals surface area contributed by atoms with Crippen molar-refractivity contribution in [2.45, 2.75) is 6.92 Å². The van der Waals surface area contributed by atoms with Crippen LogP contribution in [0.2, 0.25) is 0 Å². The Morgan fingerprint density at radius 3 is 2.25 bits per heavy atom. The van der Waals surface area contributed by atoms with E-state index in [1.165, 1.54) is 21.1 Å². The number of amides is 4. The summed E-state index contributed by atoms with van der Waals surface area (Å²) >= 11 is 0. The Kier molecular flexibility index (Phi) is 6.64. The van der Waals surface area contributed by atoms with Crippen LogP contribution in [0, 0.1) is 0 Å². The minimum atomic E-state index is -0.682. The third-order valence-electron chi connectivity index (χ3n) is 4.54. The third-order valence-corrected chi connectivity index (χ3v) is 4.54. The number of primary amides is 1. The number of carbonyl (C=O) groups excluding carboxylic acids is 3. The summed E-state index contributed by atoms with van der Waals surface area (Å²) < 4.78 is 10.4. The number of aromatic nitrogens is 1. The van der Waals surface area contributed by atoms with Gasteiger partial charge in [-0.05, 0) is 29.8 Å². The fourth-order valence-electron chi connectivity index (χ4n) is 3.11. The molecule has 1 aromatic heterocycles. The van der Waals surface area contributed by atoms with Gasteiger partial charge in [-0.15, -0.1) is 0 Å². The summed E-state index contributed by atoms with van der Waals surface area (Å²) in [7, 11) is 3.03. The molecular formula is C22H23N5O5. The summed E-state index contributed by atoms with van der Waals surface area (Å²) in [6.45, 7) is 1.33. The van der Waals surface area contributed by atoms with E-state index in [4.69, 9.17) is 15.2 Å². The van der Waals surface area contributed by atoms with Gasteiger partial charge in [0, 0.05) is 30.4 Å². The third kappa shape index (κ3) is 4.98. The van der Waals surface area contributed by atoms with Crippen LogP contribution in [0.1, 0.15) is 17.3 Å². The average Bonchev–Trinajstić information content (AvgIpc) is 3.17. The van der Waals surface area contributed by atoms with Crippen LogP contribution in [0.5, 0.6) is 11.5 Å². The lowest BCUT2D eigenvalue weighted by molar-refractivity contribution is -0.114. The highest BCUT2D eigenvalue weighted by Crippen LogP contribution is 2.31. The molecule has 166 valence electrons. The molecule has 0 aliphatic carbocycles. The highest BCUT2D eigenvalue weighted by molar-refractivity contribution is 6.07. The minimum absolute atomic E-state index is 0.170. The van der Waals surface area contributed by atoms with Gasteiger partial charge in [0.15, 0.2) is 0 Å². The zero-order valence-corrected chi connectivity index (χ0v) is 17.7. The molecule has 1 heterocycles. The van der Waals surface area contributed by atoms with Crippen molar-refractivity contribution in [1.29, 1.82) is 0 Å². The number of hydrogen-bond acceptors (Lipinski definition) is 5. The van der Waals surface area contributed by atoms with E-state index in [-0.39, 0.29) is 17.3 Å². The number of aromatic amines is 1. The topological polar surface area (TPSA) is 148 Å². The molecule has 0 saturated carbocycles. The molecule has 0 aliphatic rings. The van der Waals surface area contributed by atoms with Crippen molar-refractivity contribution in [3.8, 4) is 22.6 Å². The lowest BCUT2D eigenvalue weighted by Gasteiger charge is -2.13. The summed E-state index contributed by atoms with van der Waals surface area (Å²) in [4.78, 5) is 38.5. The summed E-state index contributed by atoms with van der Waals surface area (Å²) in [5, 5.41) is 7.98. The van der Waals surface area contributed by atoms with Crippen LogP contribution in [0.4, 0.5) is 22.0 Å². The standard InChI is InChI=1S/C22H23N5O5/c1-12(28)25-21-19(20(23)29)16(11-24-21)13-4-6-14(7-5-13)26-22(30)27-17-10-15(31-2)8-9-18(17)32-3/h4-11,24H,1-3H3,(H2,23,29)(H,25,28)(H2,26,27,30). The first kappa shape index (κ1) is 22.2. The van der Waals surface area contributed by atoms with Crippen molar-refractivity contribution < 1.29 is 23.9 Å². The SMILES string of the molecule is COc1ccc(OC)c(NC(=O)Nc2ccc(-c3c[nH]c(NC(C)=O)c3C(N)=O)cc2)c1. The number of methoxy groups -OCH3 is 2. The van der Waals surface area contributed by atoms with Crippen molar-refractivity contribution in [2.75, 3.05) is 30.2 Å². The zero-order valence-electron chi connectivity index (χ0n) is 17.7. The second-order valence-electron chi connectivity index (χ2n) is 6.72. The van der Waals surface area contributed by atoms with Gasteiger partial charge in [0.05, 0.1) is 25.5 Å². The first-order chi connectivity index (χ1) is 15.3. The monoisotopic (exact) mass is 437 g/mol. The second kappa shape index (κ2) is 9.56. The van der Waals surface area contributed by atoms with Crippen LogP contribution in [-0.4, -0.2) is 37.0 Å². The number of nitrogens with one attached hydrogen (secondary N) is 4. The Labute approximate surface area is 184 Å². The summed E-state index contributed by atoms with van der Waals surface area (Å²) in [5.41, 5.74) is 7.83. The number of hydrogen-bond donors (Lipinski definition) is 5. The quantitative estimate of drug-likeness (QED) is 0.384. The molecule has 0 fully saturated rings. The van der Waals surface area contributed by atoms with Crippen LogP contribution in [0.25, 0.3) is 11.1 Å². The van der Waals surface area contributed by atoms with Crippen molar-refractivity contribution in [3.05, 3.63) is 54.2 Å². The number of anilines is 3. The van der Waals surface area contributed by atoms with Crippen molar-refractivity contribution in [2.24, 2.45) is 5.73 Å². The lowest BCUT2D eigenvalue weighted by Crippen LogP contribution is -2.19. The Morgan fingerprint density at radius 1 is 0.938 bits per heavy atom. The van der Waals surface area contributed by atoms with Gasteiger partial charge in [-0.3, -0.25) is 9.59 Å². The number of ether oxygens (including phenoxy) is 2. The van der Waals surface area contributed by atoms with Crippen LogP contribution in [-0.2, 0) is 4.79 Å². The lowest BCUT2D eigenvalue weighted by atomic mass is 10.0. The van der Waals surface area contributed by atoms with Crippen LogP contribution >= 0.6 is 0 Å². The maximum absolute atomic E-state index is 12.4. The number of benzene rings is 2. The molecule has 0 radical (unpaired) electrons. The molecule has 0 unspecified atom stereocenters. The highest BCUT2D eigenvalue weighted by atomic mass is 16.5. The van der Waals surface area contributed by atoms with Crippen LogP contribution in [0.3, 0.4) is 0 Å². The highest BCUT2D eigenvalue weighted by Gasteiger charge is 2.18. The molecule has 0 atom stereocenters. The summed E-state index contributed by atoms with van der Waals surface area (Å²) in [6, 6.07) is 11.4. The molecule has 0 spiro atoms. The zero-order chi connectivity index (χ0) is 23.3. The minimum Gasteiger partial charge on any atom is -0.497 e. The van der Waals surface area contributed by atoms with Crippen molar-refractivity contribution >= 4 is 35.0 Å². The van der Waals surface area contributed by atoms with Gasteiger partial charge in [0.1, 0.15) is 17.3 Å². The first-order valence-electron chi connectivity index (χ1n) is 9.51. The first-order valence-corrected chi connectivity index (χ1v) is 9.51. The second-order valence-corrected chi connectivity index (χ2v) is 6.72. The van der Waals surface area contributed by atoms with E-state index in [0.29, 0.717) is 34.0 Å². The number of H-pyrrole nitrogens is 1. The van der Waals surface area contributed by atoms with Gasteiger partial charge in [0.2, 0.25) is 5.91 Å². The molecule has 10 nitrogen and oxygen atoms in total. The molecule has 32 heavy (non-hydrogen) atoms. The normalized spacial score (nSPS) is 10.2. The van der Waals surface area contributed by atoms with Crippen LogP contribution < -0.4 is 31.2 Å². The Hall–Kier alpha value is -4.47. The number of rotatable bonds is 7. The van der Waals surface area contributed by atoms with Gasteiger partial charge >= 0.3 is 6.03 Å². The Bertz CT molecular complexity index is 1150. The molecule has 2 aromatic carbocycles. The van der Waals surface area contributed by atoms with Gasteiger partial charge in [0.25, 0.3) is 5.91 Å². The predicted octanol–water partition coefficient (Wildman–Crippen LogP) is 3.40. The molecule has 0 aliphatic heterocycles. The Balaban J connectivity index is 1.76. The fraction of sp³-hybridized carbons (Fsp3) is 0.136. The largest absolute Gasteiger partial charge is 0.497 e. The summed E-state index contributed by atoms with van der Waals surface area (Å²) in [6.07, 6.45) is 1.58. The molecule has 0 bridgehead atoms. The van der Waals surface area contributed by atoms with Crippen LogP contribution in [0.15, 0.2) is 48.7 Å². The predicted molar refractivity (Wildman–Crippen MR) is 121 cm³/mol. The van der Waals surface area contributed by atoms with E-state index in [0.717, 1.165) is 0 Å². The van der Waals surface area contributed by atoms with Gasteiger partial charge < -0.3 is 36.1 Å². The Morgan fingerprint density at radius 2 is 1.66 bits per heavy atom. The van der Waals surface area contributed by atoms with E-state index < -0.39 is 11.9 Å². The molecular weight excluding hydrogens is 414 g/mol. The van der Waals surface area contributed by atoms with Gasteiger partial charge in [-0.1, -0.05) is 12.1 Å². The molecule has 3 aromatic rings. The van der Waals surface area contributed by atoms with Gasteiger partial charge in [-0.2, -0.15) is 0 Å². The van der Waals surface area contributed by atoms with Crippen molar-refractivity contribution in [3.63, 3.8) is 0 Å². The molecule has 10 heteroatoms. The molecule has 0 saturated heterocycles. The number of nitrogens with two attached hydrogens (primary N) is 1. The van der Waals surface area contributed by atoms with E-state index >= 15 is 0 Å². The molecule has 6 N–H and O–H groups in total. The van der Waals surface area contributed by atoms with Gasteiger partial charge in [-0.25, -0.2) is 4.79 Å². The smallest absolute Gasteiger partial charge is 0.323 e. The summed E-state index contributed by atoms with van der Waals surface area (Å²) in [5.74, 6) is 0.269. The van der Waals surface area contributed by atoms with E-state index in [9.17, 15) is 14.4 Å². The average molecular weight is 437 g/mol. The molecule has 4 amide bonds. The van der Waals surface area contributed by atoms with E-state index in [2.05, 4.69) is 20.9 Å².